The molecule has 3 aromatic rings. The Morgan fingerprint density at radius 2 is 1.57 bits per heavy atom. The van der Waals surface area contributed by atoms with Gasteiger partial charge in [0.05, 0.1) is 6.20 Å². The number of nitrogens with zero attached hydrogens (tertiary/aromatic N) is 5. The zero-order valence-corrected chi connectivity index (χ0v) is 22.3. The molecule has 0 bridgehead atoms. The molecular formula is C30H37N5. The number of fused-ring (bicyclic) bond motifs is 5. The Morgan fingerprint density at radius 1 is 0.943 bits per heavy atom. The molecule has 0 aliphatic carbocycles. The molecule has 5 rings (SSSR count). The second-order valence-corrected chi connectivity index (χ2v) is 11.4. The SMILES string of the molecule is C=CC1(C)c2ccccc2N2c3cnc(-c4c(C(C)C)cncc4C(C)C)nc3N(C)C2C1(C)C. The molecule has 4 heterocycles. The Kier molecular flexibility index (Phi) is 5.31. The molecule has 35 heavy (non-hydrogen) atoms. The fraction of sp³-hybridized carbons (Fsp3) is 0.433. The third-order valence-electron chi connectivity index (χ3n) is 8.54. The van der Waals surface area contributed by atoms with Gasteiger partial charge in [-0.2, -0.15) is 0 Å². The molecule has 2 aliphatic rings. The van der Waals surface area contributed by atoms with Gasteiger partial charge in [0.25, 0.3) is 0 Å². The van der Waals surface area contributed by atoms with Gasteiger partial charge in [-0.05, 0) is 34.6 Å². The first-order valence-corrected chi connectivity index (χ1v) is 12.6. The summed E-state index contributed by atoms with van der Waals surface area (Å²) in [4.78, 5) is 19.5. The van der Waals surface area contributed by atoms with Crippen molar-refractivity contribution in [3.63, 3.8) is 0 Å². The zero-order valence-electron chi connectivity index (χ0n) is 22.3. The molecule has 2 aromatic heterocycles. The molecule has 0 amide bonds. The number of benzene rings is 1. The average molecular weight is 468 g/mol. The van der Waals surface area contributed by atoms with E-state index in [9.17, 15) is 0 Å². The number of aromatic nitrogens is 3. The van der Waals surface area contributed by atoms with Crippen molar-refractivity contribution in [1.82, 2.24) is 15.0 Å². The summed E-state index contributed by atoms with van der Waals surface area (Å²) in [5, 5.41) is 0. The molecule has 2 aliphatic heterocycles. The fourth-order valence-electron chi connectivity index (χ4n) is 6.14. The van der Waals surface area contributed by atoms with Crippen LogP contribution in [0.25, 0.3) is 11.4 Å². The largest absolute Gasteiger partial charge is 0.336 e. The van der Waals surface area contributed by atoms with Crippen LogP contribution in [-0.4, -0.2) is 28.2 Å². The van der Waals surface area contributed by atoms with Crippen LogP contribution in [0.1, 0.15) is 77.0 Å². The van der Waals surface area contributed by atoms with Gasteiger partial charge >= 0.3 is 0 Å². The van der Waals surface area contributed by atoms with Crippen LogP contribution in [0, 0.1) is 5.41 Å². The lowest BCUT2D eigenvalue weighted by atomic mass is 9.58. The molecule has 0 saturated carbocycles. The number of allylic oxidation sites excluding steroid dienone is 1. The van der Waals surface area contributed by atoms with E-state index in [2.05, 4.69) is 107 Å². The monoisotopic (exact) mass is 467 g/mol. The highest BCUT2D eigenvalue weighted by atomic mass is 15.5. The maximum atomic E-state index is 5.25. The normalized spacial score (nSPS) is 22.3. The van der Waals surface area contributed by atoms with Gasteiger partial charge in [0.1, 0.15) is 11.9 Å². The van der Waals surface area contributed by atoms with Crippen LogP contribution in [0.3, 0.4) is 0 Å². The molecule has 0 fully saturated rings. The molecule has 0 radical (unpaired) electrons. The van der Waals surface area contributed by atoms with Crippen LogP contribution in [0.5, 0.6) is 0 Å². The van der Waals surface area contributed by atoms with Crippen molar-refractivity contribution < 1.29 is 0 Å². The number of rotatable bonds is 4. The number of para-hydroxylation sites is 1. The number of anilines is 3. The predicted molar refractivity (Wildman–Crippen MR) is 146 cm³/mol. The van der Waals surface area contributed by atoms with Gasteiger partial charge in [0, 0.05) is 41.5 Å². The number of hydrogen-bond acceptors (Lipinski definition) is 5. The summed E-state index contributed by atoms with van der Waals surface area (Å²) in [6.45, 7) is 20.1. The molecule has 2 atom stereocenters. The Bertz CT molecular complexity index is 1280. The van der Waals surface area contributed by atoms with Crippen LogP contribution in [0.2, 0.25) is 0 Å². The van der Waals surface area contributed by atoms with Crippen molar-refractivity contribution in [2.75, 3.05) is 16.8 Å². The van der Waals surface area contributed by atoms with Gasteiger partial charge in [-0.25, -0.2) is 9.97 Å². The van der Waals surface area contributed by atoms with Crippen molar-refractivity contribution >= 4 is 17.2 Å². The highest BCUT2D eigenvalue weighted by Gasteiger charge is 2.58. The van der Waals surface area contributed by atoms with Crippen molar-refractivity contribution in [2.45, 2.75) is 71.9 Å². The van der Waals surface area contributed by atoms with E-state index in [1.165, 1.54) is 22.4 Å². The first kappa shape index (κ1) is 23.5. The summed E-state index contributed by atoms with van der Waals surface area (Å²) < 4.78 is 0. The Hall–Kier alpha value is -3.21. The van der Waals surface area contributed by atoms with Gasteiger partial charge in [-0.3, -0.25) is 4.98 Å². The second-order valence-electron chi connectivity index (χ2n) is 11.4. The number of hydrogen-bond donors (Lipinski definition) is 0. The molecule has 1 aromatic carbocycles. The van der Waals surface area contributed by atoms with Crippen molar-refractivity contribution in [3.8, 4) is 11.4 Å². The van der Waals surface area contributed by atoms with Crippen molar-refractivity contribution in [2.24, 2.45) is 5.41 Å². The van der Waals surface area contributed by atoms with E-state index < -0.39 is 0 Å². The standard InChI is InChI=1S/C30H37N5/c1-10-30(8)22-13-11-12-14-23(22)35-24-17-32-26(33-27(24)34(9)28(35)29(30,6)7)25-20(18(2)3)15-31-16-21(25)19(4)5/h10-19,28H,1H2,2-9H3. The predicted octanol–water partition coefficient (Wildman–Crippen LogP) is 7.18. The van der Waals surface area contributed by atoms with Gasteiger partial charge in [0.15, 0.2) is 11.6 Å². The molecule has 0 spiro atoms. The number of pyridine rings is 1. The maximum absolute atomic E-state index is 5.25. The summed E-state index contributed by atoms with van der Waals surface area (Å²) >= 11 is 0. The van der Waals surface area contributed by atoms with Crippen LogP contribution >= 0.6 is 0 Å². The summed E-state index contributed by atoms with van der Waals surface area (Å²) in [6.07, 6.45) is 8.19. The highest BCUT2D eigenvalue weighted by molar-refractivity contribution is 5.85. The Morgan fingerprint density at radius 3 is 2.17 bits per heavy atom. The van der Waals surface area contributed by atoms with Crippen LogP contribution in [0.4, 0.5) is 17.2 Å². The summed E-state index contributed by atoms with van der Waals surface area (Å²) in [5.41, 5.74) is 6.73. The molecule has 182 valence electrons. The first-order valence-electron chi connectivity index (χ1n) is 12.6. The van der Waals surface area contributed by atoms with E-state index in [4.69, 9.17) is 9.97 Å². The molecule has 0 N–H and O–H groups in total. The van der Waals surface area contributed by atoms with Crippen molar-refractivity contribution in [1.29, 1.82) is 0 Å². The van der Waals surface area contributed by atoms with Gasteiger partial charge in [0.2, 0.25) is 0 Å². The summed E-state index contributed by atoms with van der Waals surface area (Å²) in [5.74, 6) is 2.41. The molecule has 0 saturated heterocycles. The zero-order chi connectivity index (χ0) is 25.3. The van der Waals surface area contributed by atoms with E-state index >= 15 is 0 Å². The first-order chi connectivity index (χ1) is 16.5. The molecular weight excluding hydrogens is 430 g/mol. The Balaban J connectivity index is 1.74. The van der Waals surface area contributed by atoms with E-state index in [0.717, 1.165) is 22.9 Å². The minimum atomic E-state index is -0.196. The molecule has 2 unspecified atom stereocenters. The highest BCUT2D eigenvalue weighted by Crippen LogP contribution is 2.60. The average Bonchev–Trinajstić information content (AvgIpc) is 3.14. The fourth-order valence-corrected chi connectivity index (χ4v) is 6.14. The van der Waals surface area contributed by atoms with Gasteiger partial charge in [-0.15, -0.1) is 6.58 Å². The van der Waals surface area contributed by atoms with Gasteiger partial charge in [-0.1, -0.05) is 72.7 Å². The van der Waals surface area contributed by atoms with Crippen LogP contribution in [0.15, 0.2) is 55.5 Å². The topological polar surface area (TPSA) is 45.2 Å². The van der Waals surface area contributed by atoms with E-state index in [0.29, 0.717) is 11.8 Å². The Labute approximate surface area is 209 Å². The quantitative estimate of drug-likeness (QED) is 0.380. The lowest BCUT2D eigenvalue weighted by molar-refractivity contribution is 0.168. The lowest BCUT2D eigenvalue weighted by Gasteiger charge is -2.56. The van der Waals surface area contributed by atoms with E-state index in [1.807, 2.05) is 18.6 Å². The minimum Gasteiger partial charge on any atom is -0.336 e. The van der Waals surface area contributed by atoms with Gasteiger partial charge < -0.3 is 9.80 Å². The smallest absolute Gasteiger partial charge is 0.162 e. The van der Waals surface area contributed by atoms with Crippen LogP contribution in [-0.2, 0) is 5.41 Å². The summed E-state index contributed by atoms with van der Waals surface area (Å²) in [6, 6.07) is 8.70. The van der Waals surface area contributed by atoms with E-state index in [1.54, 1.807) is 0 Å². The third-order valence-corrected chi connectivity index (χ3v) is 8.54. The van der Waals surface area contributed by atoms with E-state index in [-0.39, 0.29) is 17.0 Å². The van der Waals surface area contributed by atoms with Crippen LogP contribution < -0.4 is 9.80 Å². The second kappa shape index (κ2) is 7.91. The minimum absolute atomic E-state index is 0.0894. The molecule has 5 nitrogen and oxygen atoms in total. The summed E-state index contributed by atoms with van der Waals surface area (Å²) in [7, 11) is 2.17. The third kappa shape index (κ3) is 3.10. The maximum Gasteiger partial charge on any atom is 0.162 e. The molecule has 5 heteroatoms. The van der Waals surface area contributed by atoms with Crippen molar-refractivity contribution in [3.05, 3.63) is 72.2 Å². The lowest BCUT2D eigenvalue weighted by Crippen LogP contribution is -2.60.